The highest BCUT2D eigenvalue weighted by molar-refractivity contribution is 9.10. The average molecular weight is 362 g/mol. The summed E-state index contributed by atoms with van der Waals surface area (Å²) in [6.07, 6.45) is 3.61. The minimum atomic E-state index is -3.64. The van der Waals surface area contributed by atoms with Gasteiger partial charge >= 0.3 is 0 Å². The maximum absolute atomic E-state index is 12.2. The van der Waals surface area contributed by atoms with Crippen LogP contribution in [0.1, 0.15) is 17.5 Å². The topological polar surface area (TPSA) is 72.0 Å². The zero-order chi connectivity index (χ0) is 14.0. The second-order valence-corrected chi connectivity index (χ2v) is 7.62. The Morgan fingerprint density at radius 2 is 2.16 bits per heavy atom. The number of hydrogen-bond donors (Lipinski definition) is 1. The molecular formula is C11H12BrN3O2S2. The standard InChI is InChI=1S/C11H12BrN3O2S2/c1-3-10-7(2)18-11(14-10)15-19(16,17)9-4-8(12)5-13-6-9/h4-6H,3H2,1-2H3,(H,14,15). The molecule has 0 saturated carbocycles. The number of aromatic nitrogens is 2. The van der Waals surface area contributed by atoms with Gasteiger partial charge in [0, 0.05) is 21.7 Å². The SMILES string of the molecule is CCc1nc(NS(=O)(=O)c2cncc(Br)c2)sc1C. The van der Waals surface area contributed by atoms with Crippen molar-refractivity contribution in [2.24, 2.45) is 0 Å². The van der Waals surface area contributed by atoms with E-state index in [2.05, 4.69) is 30.6 Å². The number of sulfonamides is 1. The van der Waals surface area contributed by atoms with Gasteiger partial charge in [0.25, 0.3) is 10.0 Å². The van der Waals surface area contributed by atoms with Gasteiger partial charge in [-0.1, -0.05) is 6.92 Å². The summed E-state index contributed by atoms with van der Waals surface area (Å²) >= 11 is 4.53. The second-order valence-electron chi connectivity index (χ2n) is 3.82. The normalized spacial score (nSPS) is 11.5. The summed E-state index contributed by atoms with van der Waals surface area (Å²) in [5.74, 6) is 0. The van der Waals surface area contributed by atoms with Crippen LogP contribution >= 0.6 is 27.3 Å². The molecule has 0 aliphatic heterocycles. The first-order valence-corrected chi connectivity index (χ1v) is 8.61. The van der Waals surface area contributed by atoms with E-state index in [1.807, 2.05) is 13.8 Å². The van der Waals surface area contributed by atoms with Crippen molar-refractivity contribution in [2.75, 3.05) is 4.72 Å². The number of halogens is 1. The Morgan fingerprint density at radius 1 is 1.42 bits per heavy atom. The molecule has 0 radical (unpaired) electrons. The van der Waals surface area contributed by atoms with E-state index < -0.39 is 10.0 Å². The lowest BCUT2D eigenvalue weighted by Crippen LogP contribution is -2.13. The number of nitrogens with zero attached hydrogens (tertiary/aromatic N) is 2. The maximum atomic E-state index is 12.2. The highest BCUT2D eigenvalue weighted by Crippen LogP contribution is 2.25. The van der Waals surface area contributed by atoms with Crippen LogP contribution in [0.3, 0.4) is 0 Å². The van der Waals surface area contributed by atoms with Crippen molar-refractivity contribution in [1.29, 1.82) is 0 Å². The molecule has 1 N–H and O–H groups in total. The van der Waals surface area contributed by atoms with E-state index in [1.165, 1.54) is 29.8 Å². The lowest BCUT2D eigenvalue weighted by atomic mass is 10.3. The van der Waals surface area contributed by atoms with Crippen molar-refractivity contribution in [1.82, 2.24) is 9.97 Å². The highest BCUT2D eigenvalue weighted by Gasteiger charge is 2.17. The third kappa shape index (κ3) is 3.31. The monoisotopic (exact) mass is 361 g/mol. The smallest absolute Gasteiger partial charge is 0.262 e. The van der Waals surface area contributed by atoms with Crippen molar-refractivity contribution in [2.45, 2.75) is 25.2 Å². The Labute approximate surface area is 124 Å². The lowest BCUT2D eigenvalue weighted by molar-refractivity contribution is 0.600. The molecular weight excluding hydrogens is 350 g/mol. The molecule has 0 fully saturated rings. The fourth-order valence-corrected chi connectivity index (χ4v) is 4.15. The number of thiazole rings is 1. The van der Waals surface area contributed by atoms with E-state index in [-0.39, 0.29) is 4.90 Å². The van der Waals surface area contributed by atoms with Gasteiger partial charge in [0.2, 0.25) is 0 Å². The maximum Gasteiger partial charge on any atom is 0.265 e. The first kappa shape index (κ1) is 14.4. The van der Waals surface area contributed by atoms with E-state index in [0.717, 1.165) is 17.0 Å². The first-order chi connectivity index (χ1) is 8.92. The molecule has 0 unspecified atom stereocenters. The molecule has 2 aromatic heterocycles. The number of nitrogens with one attached hydrogen (secondary N) is 1. The van der Waals surface area contributed by atoms with Crippen LogP contribution in [0.15, 0.2) is 27.8 Å². The molecule has 102 valence electrons. The minimum absolute atomic E-state index is 0.104. The van der Waals surface area contributed by atoms with Crippen molar-refractivity contribution < 1.29 is 8.42 Å². The number of rotatable bonds is 4. The van der Waals surface area contributed by atoms with Gasteiger partial charge in [-0.05, 0) is 35.3 Å². The quantitative estimate of drug-likeness (QED) is 0.908. The number of aryl methyl sites for hydroxylation is 2. The van der Waals surface area contributed by atoms with Gasteiger partial charge in [-0.25, -0.2) is 13.4 Å². The molecule has 0 aliphatic rings. The molecule has 0 aliphatic carbocycles. The molecule has 5 nitrogen and oxygen atoms in total. The summed E-state index contributed by atoms with van der Waals surface area (Å²) in [5, 5.41) is 0.384. The van der Waals surface area contributed by atoms with E-state index in [1.54, 1.807) is 0 Å². The van der Waals surface area contributed by atoms with Crippen LogP contribution in [0.2, 0.25) is 0 Å². The predicted octanol–water partition coefficient (Wildman–Crippen LogP) is 2.97. The van der Waals surface area contributed by atoms with Crippen molar-refractivity contribution >= 4 is 42.4 Å². The summed E-state index contributed by atoms with van der Waals surface area (Å²) in [4.78, 5) is 9.23. The van der Waals surface area contributed by atoms with Gasteiger partial charge in [0.05, 0.1) is 5.69 Å². The minimum Gasteiger partial charge on any atom is -0.262 e. The van der Waals surface area contributed by atoms with Crippen molar-refractivity contribution in [3.63, 3.8) is 0 Å². The summed E-state index contributed by atoms with van der Waals surface area (Å²) < 4.78 is 27.4. The van der Waals surface area contributed by atoms with Crippen LogP contribution in [-0.2, 0) is 16.4 Å². The lowest BCUT2D eigenvalue weighted by Gasteiger charge is -2.04. The molecule has 0 atom stereocenters. The summed E-state index contributed by atoms with van der Waals surface area (Å²) in [7, 11) is -3.64. The highest BCUT2D eigenvalue weighted by atomic mass is 79.9. The first-order valence-electron chi connectivity index (χ1n) is 5.52. The largest absolute Gasteiger partial charge is 0.265 e. The molecule has 0 bridgehead atoms. The Bertz CT molecular complexity index is 698. The van der Waals surface area contributed by atoms with Gasteiger partial charge < -0.3 is 0 Å². The zero-order valence-electron chi connectivity index (χ0n) is 10.3. The summed E-state index contributed by atoms with van der Waals surface area (Å²) in [6, 6.07) is 1.50. The Morgan fingerprint density at radius 3 is 2.74 bits per heavy atom. The molecule has 0 aromatic carbocycles. The van der Waals surface area contributed by atoms with Gasteiger partial charge in [-0.15, -0.1) is 11.3 Å². The Kier molecular flexibility index (Phi) is 4.22. The molecule has 0 saturated heterocycles. The van der Waals surface area contributed by atoms with Gasteiger partial charge in [-0.3, -0.25) is 9.71 Å². The summed E-state index contributed by atoms with van der Waals surface area (Å²) in [5.41, 5.74) is 0.912. The predicted molar refractivity (Wildman–Crippen MR) is 79.0 cm³/mol. The molecule has 2 rings (SSSR count). The zero-order valence-corrected chi connectivity index (χ0v) is 13.6. The van der Waals surface area contributed by atoms with Crippen LogP contribution in [0.4, 0.5) is 5.13 Å². The van der Waals surface area contributed by atoms with Gasteiger partial charge in [0.1, 0.15) is 4.90 Å². The van der Waals surface area contributed by atoms with Gasteiger partial charge in [-0.2, -0.15) is 0 Å². The van der Waals surface area contributed by atoms with Crippen LogP contribution in [0, 0.1) is 6.92 Å². The number of hydrogen-bond acceptors (Lipinski definition) is 5. The van der Waals surface area contributed by atoms with Crippen LogP contribution in [-0.4, -0.2) is 18.4 Å². The second kappa shape index (κ2) is 5.56. The van der Waals surface area contributed by atoms with E-state index in [0.29, 0.717) is 9.60 Å². The van der Waals surface area contributed by atoms with Crippen LogP contribution < -0.4 is 4.72 Å². The van der Waals surface area contributed by atoms with E-state index in [4.69, 9.17) is 0 Å². The van der Waals surface area contributed by atoms with Crippen LogP contribution in [0.5, 0.6) is 0 Å². The average Bonchev–Trinajstić information content (AvgIpc) is 2.68. The van der Waals surface area contributed by atoms with Crippen LogP contribution in [0.25, 0.3) is 0 Å². The van der Waals surface area contributed by atoms with Crippen molar-refractivity contribution in [3.8, 4) is 0 Å². The van der Waals surface area contributed by atoms with Crippen molar-refractivity contribution in [3.05, 3.63) is 33.5 Å². The molecule has 8 heteroatoms. The number of pyridine rings is 1. The van der Waals surface area contributed by atoms with Gasteiger partial charge in [0.15, 0.2) is 5.13 Å². The molecule has 0 spiro atoms. The fraction of sp³-hybridized carbons (Fsp3) is 0.273. The molecule has 0 amide bonds. The molecule has 2 heterocycles. The van der Waals surface area contributed by atoms with E-state index >= 15 is 0 Å². The number of anilines is 1. The third-order valence-electron chi connectivity index (χ3n) is 2.44. The molecule has 19 heavy (non-hydrogen) atoms. The Hall–Kier alpha value is -0.990. The van der Waals surface area contributed by atoms with E-state index in [9.17, 15) is 8.42 Å². The summed E-state index contributed by atoms with van der Waals surface area (Å²) in [6.45, 7) is 3.91. The fourth-order valence-electron chi connectivity index (χ4n) is 1.51. The third-order valence-corrected chi connectivity index (χ3v) is 5.24. The molecule has 2 aromatic rings. The Balaban J connectivity index is 2.31.